The molecule has 0 aliphatic heterocycles. The third-order valence-corrected chi connectivity index (χ3v) is 4.16. The van der Waals surface area contributed by atoms with Crippen LogP contribution in [0.15, 0.2) is 0 Å². The molecule has 4 nitrogen and oxygen atoms in total. The fourth-order valence-corrected chi connectivity index (χ4v) is 2.94. The number of amides is 1. The maximum Gasteiger partial charge on any atom is 0.407 e. The number of alkyl carbamates (subject to hydrolysis) is 1. The van der Waals surface area contributed by atoms with Gasteiger partial charge in [0.15, 0.2) is 0 Å². The summed E-state index contributed by atoms with van der Waals surface area (Å²) in [5, 5.41) is 2.72. The number of Topliss-reactive ketones (excluding diaryl/α,β-unsaturated/α-hetero) is 1. The Bertz CT molecular complexity index is 307. The Morgan fingerprint density at radius 2 is 1.84 bits per heavy atom. The zero-order valence-corrected chi connectivity index (χ0v) is 12.5. The molecule has 0 spiro atoms. The highest BCUT2D eigenvalue weighted by Gasteiger charge is 2.39. The van der Waals surface area contributed by atoms with Crippen LogP contribution in [-0.4, -0.2) is 24.5 Å². The first-order valence-corrected chi connectivity index (χ1v) is 7.49. The van der Waals surface area contributed by atoms with E-state index in [4.69, 9.17) is 4.74 Å². The Morgan fingerprint density at radius 3 is 2.32 bits per heavy atom. The topological polar surface area (TPSA) is 55.4 Å². The van der Waals surface area contributed by atoms with Gasteiger partial charge in [0, 0.05) is 12.0 Å². The van der Waals surface area contributed by atoms with E-state index < -0.39 is 0 Å². The van der Waals surface area contributed by atoms with E-state index in [1.165, 1.54) is 0 Å². The molecular formula is C15H27NO3. The molecule has 0 aromatic rings. The molecule has 4 heteroatoms. The number of rotatable bonds is 6. The fourth-order valence-electron chi connectivity index (χ4n) is 2.94. The molecule has 1 aliphatic rings. The molecule has 0 radical (unpaired) electrons. The van der Waals surface area contributed by atoms with E-state index in [1.807, 2.05) is 6.92 Å². The molecule has 110 valence electrons. The third kappa shape index (κ3) is 4.51. The fraction of sp³-hybridized carbons (Fsp3) is 0.867. The SMILES string of the molecule is CCCNC(=O)OC1CCC(CCC)(C(C)=O)CC1. The first kappa shape index (κ1) is 16.0. The van der Waals surface area contributed by atoms with Gasteiger partial charge in [-0.25, -0.2) is 4.79 Å². The lowest BCUT2D eigenvalue weighted by atomic mass is 9.68. The van der Waals surface area contributed by atoms with Crippen LogP contribution in [0.25, 0.3) is 0 Å². The van der Waals surface area contributed by atoms with Gasteiger partial charge in [-0.15, -0.1) is 0 Å². The van der Waals surface area contributed by atoms with E-state index >= 15 is 0 Å². The number of hydrogen-bond acceptors (Lipinski definition) is 3. The molecular weight excluding hydrogens is 242 g/mol. The summed E-state index contributed by atoms with van der Waals surface area (Å²) in [7, 11) is 0. The molecule has 0 bridgehead atoms. The van der Waals surface area contributed by atoms with Crippen LogP contribution in [-0.2, 0) is 9.53 Å². The van der Waals surface area contributed by atoms with Crippen molar-refractivity contribution in [3.8, 4) is 0 Å². The average Bonchev–Trinajstić information content (AvgIpc) is 2.39. The van der Waals surface area contributed by atoms with Crippen molar-refractivity contribution in [1.82, 2.24) is 5.32 Å². The predicted molar refractivity (Wildman–Crippen MR) is 75.1 cm³/mol. The van der Waals surface area contributed by atoms with Crippen LogP contribution in [0.3, 0.4) is 0 Å². The van der Waals surface area contributed by atoms with Gasteiger partial charge in [0.2, 0.25) is 0 Å². The van der Waals surface area contributed by atoms with Crippen molar-refractivity contribution in [1.29, 1.82) is 0 Å². The third-order valence-electron chi connectivity index (χ3n) is 4.16. The van der Waals surface area contributed by atoms with Gasteiger partial charge >= 0.3 is 6.09 Å². The van der Waals surface area contributed by atoms with Crippen molar-refractivity contribution in [3.63, 3.8) is 0 Å². The Hall–Kier alpha value is -1.06. The van der Waals surface area contributed by atoms with Gasteiger partial charge < -0.3 is 10.1 Å². The Labute approximate surface area is 116 Å². The number of nitrogens with one attached hydrogen (secondary N) is 1. The zero-order chi connectivity index (χ0) is 14.3. The number of carbonyl (C=O) groups excluding carboxylic acids is 2. The normalized spacial score (nSPS) is 26.8. The smallest absolute Gasteiger partial charge is 0.407 e. The molecule has 1 rings (SSSR count). The lowest BCUT2D eigenvalue weighted by molar-refractivity contribution is -0.130. The molecule has 1 fully saturated rings. The van der Waals surface area contributed by atoms with E-state index in [1.54, 1.807) is 6.92 Å². The molecule has 0 aromatic carbocycles. The van der Waals surface area contributed by atoms with Crippen molar-refractivity contribution >= 4 is 11.9 Å². The van der Waals surface area contributed by atoms with Gasteiger partial charge in [-0.1, -0.05) is 20.3 Å². The second-order valence-corrected chi connectivity index (χ2v) is 5.62. The highest BCUT2D eigenvalue weighted by molar-refractivity contribution is 5.82. The quantitative estimate of drug-likeness (QED) is 0.803. The zero-order valence-electron chi connectivity index (χ0n) is 12.5. The highest BCUT2D eigenvalue weighted by Crippen LogP contribution is 2.41. The van der Waals surface area contributed by atoms with Gasteiger partial charge in [0.1, 0.15) is 11.9 Å². The summed E-state index contributed by atoms with van der Waals surface area (Å²) in [6.07, 6.45) is 5.85. The monoisotopic (exact) mass is 269 g/mol. The molecule has 1 amide bonds. The van der Waals surface area contributed by atoms with Crippen LogP contribution < -0.4 is 5.32 Å². The van der Waals surface area contributed by atoms with E-state index in [-0.39, 0.29) is 17.6 Å². The number of carbonyl (C=O) groups is 2. The van der Waals surface area contributed by atoms with Crippen molar-refractivity contribution < 1.29 is 14.3 Å². The Balaban J connectivity index is 2.43. The first-order chi connectivity index (χ1) is 9.04. The van der Waals surface area contributed by atoms with E-state index in [2.05, 4.69) is 12.2 Å². The standard InChI is InChI=1S/C15H27NO3/c1-4-8-15(12(3)17)9-6-13(7-10-15)19-14(18)16-11-5-2/h13H,4-11H2,1-3H3,(H,16,18). The second kappa shape index (κ2) is 7.51. The summed E-state index contributed by atoms with van der Waals surface area (Å²) in [5.41, 5.74) is -0.158. The summed E-state index contributed by atoms with van der Waals surface area (Å²) in [5.74, 6) is 0.295. The van der Waals surface area contributed by atoms with Crippen LogP contribution >= 0.6 is 0 Å². The van der Waals surface area contributed by atoms with E-state index in [0.717, 1.165) is 44.9 Å². The van der Waals surface area contributed by atoms with Gasteiger partial charge in [-0.05, 0) is 45.4 Å². The van der Waals surface area contributed by atoms with Crippen LogP contribution in [0, 0.1) is 5.41 Å². The molecule has 1 saturated carbocycles. The van der Waals surface area contributed by atoms with Gasteiger partial charge in [-0.2, -0.15) is 0 Å². The predicted octanol–water partition coefficient (Wildman–Crippen LogP) is 3.44. The van der Waals surface area contributed by atoms with Crippen molar-refractivity contribution in [2.75, 3.05) is 6.54 Å². The molecule has 0 unspecified atom stereocenters. The second-order valence-electron chi connectivity index (χ2n) is 5.62. The molecule has 19 heavy (non-hydrogen) atoms. The Morgan fingerprint density at radius 1 is 1.21 bits per heavy atom. The molecule has 0 heterocycles. The highest BCUT2D eigenvalue weighted by atomic mass is 16.6. The molecule has 1 aliphatic carbocycles. The summed E-state index contributed by atoms with van der Waals surface area (Å²) in [6, 6.07) is 0. The van der Waals surface area contributed by atoms with E-state index in [9.17, 15) is 9.59 Å². The van der Waals surface area contributed by atoms with Gasteiger partial charge in [0.25, 0.3) is 0 Å². The van der Waals surface area contributed by atoms with Crippen LogP contribution in [0.2, 0.25) is 0 Å². The summed E-state index contributed by atoms with van der Waals surface area (Å²) in [4.78, 5) is 23.4. The van der Waals surface area contributed by atoms with E-state index in [0.29, 0.717) is 12.3 Å². The van der Waals surface area contributed by atoms with Crippen molar-refractivity contribution in [3.05, 3.63) is 0 Å². The molecule has 1 N–H and O–H groups in total. The van der Waals surface area contributed by atoms with Crippen LogP contribution in [0.4, 0.5) is 4.79 Å². The number of ketones is 1. The lowest BCUT2D eigenvalue weighted by Crippen LogP contribution is -2.38. The lowest BCUT2D eigenvalue weighted by Gasteiger charge is -2.37. The number of ether oxygens (including phenoxy) is 1. The summed E-state index contributed by atoms with van der Waals surface area (Å²) < 4.78 is 5.38. The van der Waals surface area contributed by atoms with Gasteiger partial charge in [-0.3, -0.25) is 4.79 Å². The summed E-state index contributed by atoms with van der Waals surface area (Å²) >= 11 is 0. The minimum absolute atomic E-state index is 0.0267. The largest absolute Gasteiger partial charge is 0.446 e. The van der Waals surface area contributed by atoms with Crippen molar-refractivity contribution in [2.24, 2.45) is 5.41 Å². The molecule has 0 atom stereocenters. The van der Waals surface area contributed by atoms with Crippen LogP contribution in [0.1, 0.15) is 65.7 Å². The van der Waals surface area contributed by atoms with Gasteiger partial charge in [0.05, 0.1) is 0 Å². The minimum Gasteiger partial charge on any atom is -0.446 e. The minimum atomic E-state index is -0.322. The average molecular weight is 269 g/mol. The maximum atomic E-state index is 11.9. The maximum absolute atomic E-state index is 11.9. The van der Waals surface area contributed by atoms with Crippen LogP contribution in [0.5, 0.6) is 0 Å². The molecule has 0 aromatic heterocycles. The molecule has 0 saturated heterocycles. The number of hydrogen-bond donors (Lipinski definition) is 1. The first-order valence-electron chi connectivity index (χ1n) is 7.49. The Kier molecular flexibility index (Phi) is 6.32. The van der Waals surface area contributed by atoms with Crippen molar-refractivity contribution in [2.45, 2.75) is 71.8 Å². The summed E-state index contributed by atoms with van der Waals surface area (Å²) in [6.45, 7) is 6.47.